The topological polar surface area (TPSA) is 84.4 Å². The molecule has 7 heteroatoms. The van der Waals surface area contributed by atoms with Gasteiger partial charge in [-0.2, -0.15) is 0 Å². The Balaban J connectivity index is 1.45. The van der Waals surface area contributed by atoms with Crippen LogP contribution in [0.25, 0.3) is 0 Å². The summed E-state index contributed by atoms with van der Waals surface area (Å²) in [5, 5.41) is 2.89. The molecule has 3 rings (SSSR count). The molecule has 0 saturated carbocycles. The number of hydrogen-bond acceptors (Lipinski definition) is 6. The molecule has 7 nitrogen and oxygen atoms in total. The summed E-state index contributed by atoms with van der Waals surface area (Å²) in [6.45, 7) is 1.60. The second kappa shape index (κ2) is 9.30. The number of likely N-dealkylation sites (N-methyl/N-ethyl adjacent to an activating group) is 1. The Kier molecular flexibility index (Phi) is 6.57. The molecule has 1 N–H and O–H groups in total. The zero-order valence-corrected chi connectivity index (χ0v) is 16.4. The van der Waals surface area contributed by atoms with Crippen LogP contribution in [-0.4, -0.2) is 42.0 Å². The van der Waals surface area contributed by atoms with Crippen LogP contribution in [0.2, 0.25) is 0 Å². The van der Waals surface area contributed by atoms with Crippen LogP contribution in [-0.2, 0) is 27.2 Å². The molecule has 1 aromatic heterocycles. The quantitative estimate of drug-likeness (QED) is 0.739. The number of nitrogens with zero attached hydrogens (tertiary/aromatic N) is 3. The number of hydrogen-bond donors (Lipinski definition) is 1. The minimum absolute atomic E-state index is 0.0301. The molecule has 1 atom stereocenters. The van der Waals surface area contributed by atoms with Crippen LogP contribution in [0.1, 0.15) is 42.5 Å². The third kappa shape index (κ3) is 5.28. The van der Waals surface area contributed by atoms with Gasteiger partial charge in [0.05, 0.1) is 6.04 Å². The van der Waals surface area contributed by atoms with Crippen molar-refractivity contribution in [1.82, 2.24) is 15.3 Å². The Labute approximate surface area is 165 Å². The molecule has 1 heterocycles. The molecule has 1 amide bonds. The number of amides is 1. The van der Waals surface area contributed by atoms with Gasteiger partial charge in [-0.3, -0.25) is 9.59 Å². The van der Waals surface area contributed by atoms with Gasteiger partial charge in [-0.25, -0.2) is 9.97 Å². The van der Waals surface area contributed by atoms with Crippen molar-refractivity contribution in [3.63, 3.8) is 0 Å². The monoisotopic (exact) mass is 382 g/mol. The first kappa shape index (κ1) is 19.8. The van der Waals surface area contributed by atoms with Gasteiger partial charge in [-0.05, 0) is 55.4 Å². The predicted octanol–water partition coefficient (Wildman–Crippen LogP) is 2.21. The van der Waals surface area contributed by atoms with E-state index in [-0.39, 0.29) is 25.1 Å². The first-order valence-electron chi connectivity index (χ1n) is 9.58. The summed E-state index contributed by atoms with van der Waals surface area (Å²) >= 11 is 0. The number of carbonyl (C=O) groups is 2. The highest BCUT2D eigenvalue weighted by Crippen LogP contribution is 2.24. The molecule has 0 aliphatic heterocycles. The zero-order valence-electron chi connectivity index (χ0n) is 16.4. The van der Waals surface area contributed by atoms with Gasteiger partial charge in [-0.1, -0.05) is 18.2 Å². The van der Waals surface area contributed by atoms with E-state index in [1.807, 2.05) is 6.92 Å². The van der Waals surface area contributed by atoms with E-state index in [1.54, 1.807) is 30.4 Å². The molecule has 1 aromatic carbocycles. The lowest BCUT2D eigenvalue weighted by Crippen LogP contribution is -2.34. The number of rotatable bonds is 7. The Morgan fingerprint density at radius 2 is 1.89 bits per heavy atom. The minimum Gasteiger partial charge on any atom is -0.454 e. The van der Waals surface area contributed by atoms with E-state index in [0.717, 1.165) is 18.4 Å². The highest BCUT2D eigenvalue weighted by molar-refractivity contribution is 5.82. The molecule has 1 aliphatic carbocycles. The average Bonchev–Trinajstić information content (AvgIpc) is 2.72. The van der Waals surface area contributed by atoms with E-state index < -0.39 is 5.97 Å². The van der Waals surface area contributed by atoms with E-state index in [4.69, 9.17) is 4.74 Å². The molecule has 1 unspecified atom stereocenters. The number of esters is 1. The largest absolute Gasteiger partial charge is 0.454 e. The number of aryl methyl sites for hydroxylation is 2. The van der Waals surface area contributed by atoms with Crippen LogP contribution in [0.15, 0.2) is 36.7 Å². The van der Waals surface area contributed by atoms with Gasteiger partial charge in [0.25, 0.3) is 5.91 Å². The maximum atomic E-state index is 12.1. The van der Waals surface area contributed by atoms with Crippen molar-refractivity contribution >= 4 is 17.8 Å². The summed E-state index contributed by atoms with van der Waals surface area (Å²) in [7, 11) is 1.69. The van der Waals surface area contributed by atoms with Crippen molar-refractivity contribution in [1.29, 1.82) is 0 Å². The third-order valence-electron chi connectivity index (χ3n) is 4.87. The first-order valence-corrected chi connectivity index (χ1v) is 9.58. The number of aromatic nitrogens is 2. The molecular formula is C21H26N4O3. The zero-order chi connectivity index (χ0) is 19.9. The molecule has 0 spiro atoms. The van der Waals surface area contributed by atoms with Gasteiger partial charge in [0.15, 0.2) is 6.61 Å². The minimum atomic E-state index is -0.508. The lowest BCUT2D eigenvalue weighted by atomic mass is 9.89. The molecule has 0 saturated heterocycles. The Morgan fingerprint density at radius 1 is 1.18 bits per heavy atom. The number of benzene rings is 1. The van der Waals surface area contributed by atoms with Gasteiger partial charge in [0.2, 0.25) is 5.95 Å². The Hall–Kier alpha value is -2.96. The van der Waals surface area contributed by atoms with Crippen molar-refractivity contribution in [2.75, 3.05) is 25.1 Å². The fraction of sp³-hybridized carbons (Fsp3) is 0.429. The number of fused-ring (bicyclic) bond motifs is 1. The average molecular weight is 382 g/mol. The summed E-state index contributed by atoms with van der Waals surface area (Å²) in [4.78, 5) is 33.8. The molecule has 0 bridgehead atoms. The van der Waals surface area contributed by atoms with Crippen LogP contribution in [0, 0.1) is 0 Å². The van der Waals surface area contributed by atoms with Gasteiger partial charge in [0, 0.05) is 19.4 Å². The van der Waals surface area contributed by atoms with Crippen LogP contribution >= 0.6 is 0 Å². The van der Waals surface area contributed by atoms with E-state index in [2.05, 4.69) is 33.5 Å². The fourth-order valence-electron chi connectivity index (χ4n) is 3.33. The van der Waals surface area contributed by atoms with Gasteiger partial charge < -0.3 is 15.0 Å². The van der Waals surface area contributed by atoms with Gasteiger partial charge in [-0.15, -0.1) is 0 Å². The molecule has 2 aromatic rings. The summed E-state index contributed by atoms with van der Waals surface area (Å²) in [5.74, 6) is -0.409. The first-order chi connectivity index (χ1) is 13.5. The summed E-state index contributed by atoms with van der Waals surface area (Å²) < 4.78 is 5.08. The van der Waals surface area contributed by atoms with Gasteiger partial charge >= 0.3 is 5.97 Å². The lowest BCUT2D eigenvalue weighted by molar-refractivity contribution is -0.147. The molecule has 0 radical (unpaired) electrons. The van der Waals surface area contributed by atoms with Crippen LogP contribution in [0.5, 0.6) is 0 Å². The van der Waals surface area contributed by atoms with E-state index in [0.29, 0.717) is 5.95 Å². The van der Waals surface area contributed by atoms with E-state index >= 15 is 0 Å². The molecular weight excluding hydrogens is 356 g/mol. The normalized spacial score (nSPS) is 13.9. The number of ether oxygens (including phenoxy) is 1. The van der Waals surface area contributed by atoms with Crippen LogP contribution in [0.4, 0.5) is 5.95 Å². The summed E-state index contributed by atoms with van der Waals surface area (Å²) in [6, 6.07) is 7.97. The maximum Gasteiger partial charge on any atom is 0.326 e. The van der Waals surface area contributed by atoms with Crippen molar-refractivity contribution < 1.29 is 14.3 Å². The number of carbonyl (C=O) groups excluding carboxylic acids is 2. The third-order valence-corrected chi connectivity index (χ3v) is 4.87. The number of nitrogens with one attached hydrogen (secondary N) is 1. The van der Waals surface area contributed by atoms with Crippen LogP contribution in [0.3, 0.4) is 0 Å². The highest BCUT2D eigenvalue weighted by atomic mass is 16.5. The summed E-state index contributed by atoms with van der Waals surface area (Å²) in [6.07, 6.45) is 7.89. The second-order valence-corrected chi connectivity index (χ2v) is 7.09. The molecule has 0 fully saturated rings. The number of anilines is 1. The second-order valence-electron chi connectivity index (χ2n) is 7.09. The van der Waals surface area contributed by atoms with Crippen LogP contribution < -0.4 is 10.2 Å². The molecule has 148 valence electrons. The van der Waals surface area contributed by atoms with Crippen molar-refractivity contribution in [2.24, 2.45) is 0 Å². The standard InChI is InChI=1S/C21H26N4O3/c1-15(17-9-8-16-6-3-4-7-18(16)12-17)24-19(26)14-28-20(27)13-25(2)21-22-10-5-11-23-21/h5,8-12,15H,3-4,6-7,13-14H2,1-2H3,(H,24,26). The maximum absolute atomic E-state index is 12.1. The predicted molar refractivity (Wildman–Crippen MR) is 106 cm³/mol. The lowest BCUT2D eigenvalue weighted by Gasteiger charge is -2.20. The molecule has 1 aliphatic rings. The van der Waals surface area contributed by atoms with Crippen molar-refractivity contribution in [3.8, 4) is 0 Å². The highest BCUT2D eigenvalue weighted by Gasteiger charge is 2.16. The van der Waals surface area contributed by atoms with Crippen molar-refractivity contribution in [2.45, 2.75) is 38.6 Å². The van der Waals surface area contributed by atoms with E-state index in [1.165, 1.54) is 24.0 Å². The summed E-state index contributed by atoms with van der Waals surface area (Å²) in [5.41, 5.74) is 3.86. The smallest absolute Gasteiger partial charge is 0.326 e. The molecule has 28 heavy (non-hydrogen) atoms. The van der Waals surface area contributed by atoms with Gasteiger partial charge in [0.1, 0.15) is 6.54 Å². The van der Waals surface area contributed by atoms with E-state index in [9.17, 15) is 9.59 Å². The Bertz CT molecular complexity index is 826. The van der Waals surface area contributed by atoms with Crippen molar-refractivity contribution in [3.05, 3.63) is 53.3 Å². The fourth-order valence-corrected chi connectivity index (χ4v) is 3.33. The Morgan fingerprint density at radius 3 is 2.64 bits per heavy atom. The SMILES string of the molecule is CC(NC(=O)COC(=O)CN(C)c1ncccn1)c1ccc2c(c1)CCCC2.